The Morgan fingerprint density at radius 2 is 1.78 bits per heavy atom. The molecule has 3 rings (SSSR count). The maximum atomic E-state index is 12.3. The van der Waals surface area contributed by atoms with Crippen molar-refractivity contribution < 1.29 is 14.3 Å². The van der Waals surface area contributed by atoms with Gasteiger partial charge in [-0.2, -0.15) is 0 Å². The van der Waals surface area contributed by atoms with Crippen LogP contribution in [0.4, 0.5) is 5.69 Å². The van der Waals surface area contributed by atoms with Gasteiger partial charge in [0.25, 0.3) is 5.91 Å². The second-order valence-electron chi connectivity index (χ2n) is 5.95. The van der Waals surface area contributed by atoms with E-state index in [1.54, 1.807) is 29.6 Å². The maximum Gasteiger partial charge on any atom is 0.358 e. The zero-order valence-corrected chi connectivity index (χ0v) is 16.3. The van der Waals surface area contributed by atoms with Gasteiger partial charge in [-0.05, 0) is 38.1 Å². The molecule has 138 valence electrons. The molecule has 0 aliphatic heterocycles. The molecule has 0 spiro atoms. The summed E-state index contributed by atoms with van der Waals surface area (Å²) >= 11 is 7.16. The van der Waals surface area contributed by atoms with Crippen LogP contribution in [0.5, 0.6) is 0 Å². The number of ether oxygens (including phenoxy) is 1. The highest BCUT2D eigenvalue weighted by Crippen LogP contribution is 2.24. The van der Waals surface area contributed by atoms with E-state index in [4.69, 9.17) is 16.3 Å². The molecule has 0 saturated carbocycles. The van der Waals surface area contributed by atoms with Crippen LogP contribution in [0.15, 0.2) is 53.9 Å². The predicted molar refractivity (Wildman–Crippen MR) is 107 cm³/mol. The predicted octanol–water partition coefficient (Wildman–Crippen LogP) is 4.96. The molecule has 1 N–H and O–H groups in total. The number of aryl methyl sites for hydroxylation is 1. The second-order valence-corrected chi connectivity index (χ2v) is 7.24. The number of nitrogens with zero attached hydrogens (tertiary/aromatic N) is 1. The van der Waals surface area contributed by atoms with Crippen molar-refractivity contribution in [3.8, 4) is 10.6 Å². The monoisotopic (exact) mass is 400 g/mol. The number of nitrogens with one attached hydrogen (secondary N) is 1. The summed E-state index contributed by atoms with van der Waals surface area (Å²) in [5.74, 6) is -1.07. The SMILES string of the molecule is Cc1ccc(-c2nc(C(=O)OC(C)C(=O)Nc3ccc(Cl)cc3)cs2)cc1. The number of rotatable bonds is 5. The number of thiazole rings is 1. The molecule has 7 heteroatoms. The molecular formula is C20H17ClN2O3S. The maximum absolute atomic E-state index is 12.3. The van der Waals surface area contributed by atoms with Gasteiger partial charge in [0.1, 0.15) is 5.01 Å². The largest absolute Gasteiger partial charge is 0.448 e. The summed E-state index contributed by atoms with van der Waals surface area (Å²) in [6.45, 7) is 3.52. The van der Waals surface area contributed by atoms with Crippen LogP contribution in [-0.2, 0) is 9.53 Å². The van der Waals surface area contributed by atoms with Gasteiger partial charge in [-0.15, -0.1) is 11.3 Å². The Labute approximate surface area is 166 Å². The van der Waals surface area contributed by atoms with Crippen molar-refractivity contribution in [2.45, 2.75) is 20.0 Å². The number of anilines is 1. The van der Waals surface area contributed by atoms with E-state index in [1.807, 2.05) is 31.2 Å². The minimum atomic E-state index is -0.960. The first kappa shape index (κ1) is 19.1. The van der Waals surface area contributed by atoms with Crippen molar-refractivity contribution in [1.82, 2.24) is 4.98 Å². The van der Waals surface area contributed by atoms with Gasteiger partial charge in [-0.3, -0.25) is 4.79 Å². The fraction of sp³-hybridized carbons (Fsp3) is 0.150. The summed E-state index contributed by atoms with van der Waals surface area (Å²) in [5, 5.41) is 5.59. The highest BCUT2D eigenvalue weighted by Gasteiger charge is 2.21. The van der Waals surface area contributed by atoms with Crippen LogP contribution in [0.3, 0.4) is 0 Å². The number of amides is 1. The van der Waals surface area contributed by atoms with Crippen molar-refractivity contribution in [1.29, 1.82) is 0 Å². The average molecular weight is 401 g/mol. The lowest BCUT2D eigenvalue weighted by Gasteiger charge is -2.12. The fourth-order valence-electron chi connectivity index (χ4n) is 2.25. The summed E-state index contributed by atoms with van der Waals surface area (Å²) in [4.78, 5) is 28.8. The van der Waals surface area contributed by atoms with Crippen LogP contribution in [0.2, 0.25) is 5.02 Å². The van der Waals surface area contributed by atoms with Gasteiger partial charge in [0, 0.05) is 21.7 Å². The Morgan fingerprint density at radius 3 is 2.44 bits per heavy atom. The van der Waals surface area contributed by atoms with Crippen LogP contribution in [0, 0.1) is 6.92 Å². The van der Waals surface area contributed by atoms with Crippen LogP contribution in [0.1, 0.15) is 23.0 Å². The Morgan fingerprint density at radius 1 is 1.11 bits per heavy atom. The van der Waals surface area contributed by atoms with E-state index < -0.39 is 18.0 Å². The van der Waals surface area contributed by atoms with Crippen LogP contribution in [0.25, 0.3) is 10.6 Å². The molecule has 3 aromatic rings. The summed E-state index contributed by atoms with van der Waals surface area (Å²) in [6, 6.07) is 14.5. The number of hydrogen-bond donors (Lipinski definition) is 1. The van der Waals surface area contributed by atoms with Crippen LogP contribution < -0.4 is 5.32 Å². The zero-order chi connectivity index (χ0) is 19.4. The van der Waals surface area contributed by atoms with Crippen LogP contribution >= 0.6 is 22.9 Å². The van der Waals surface area contributed by atoms with Gasteiger partial charge in [-0.1, -0.05) is 41.4 Å². The molecular weight excluding hydrogens is 384 g/mol. The Kier molecular flexibility index (Phi) is 5.88. The number of carbonyl (C=O) groups excluding carboxylic acids is 2. The molecule has 1 heterocycles. The lowest BCUT2D eigenvalue weighted by atomic mass is 10.2. The topological polar surface area (TPSA) is 68.3 Å². The van der Waals surface area contributed by atoms with E-state index in [9.17, 15) is 9.59 Å². The van der Waals surface area contributed by atoms with Crippen molar-refractivity contribution in [3.05, 3.63) is 70.2 Å². The van der Waals surface area contributed by atoms with Gasteiger partial charge < -0.3 is 10.1 Å². The standard InChI is InChI=1S/C20H17ClN2O3S/c1-12-3-5-14(6-4-12)19-23-17(11-27-19)20(25)26-13(2)18(24)22-16-9-7-15(21)8-10-16/h3-11,13H,1-2H3,(H,22,24). The Hall–Kier alpha value is -2.70. The van der Waals surface area contributed by atoms with E-state index in [-0.39, 0.29) is 5.69 Å². The second kappa shape index (κ2) is 8.33. The summed E-state index contributed by atoms with van der Waals surface area (Å²) in [5.41, 5.74) is 2.83. The molecule has 1 atom stereocenters. The molecule has 0 fully saturated rings. The van der Waals surface area contributed by atoms with E-state index in [0.29, 0.717) is 10.7 Å². The normalized spacial score (nSPS) is 11.7. The average Bonchev–Trinajstić information content (AvgIpc) is 3.14. The third-order valence-corrected chi connectivity index (χ3v) is 4.92. The number of halogens is 1. The number of hydrogen-bond acceptors (Lipinski definition) is 5. The molecule has 2 aromatic carbocycles. The number of aromatic nitrogens is 1. The van der Waals surface area contributed by atoms with Crippen molar-refractivity contribution in [2.24, 2.45) is 0 Å². The van der Waals surface area contributed by atoms with Gasteiger partial charge in [0.2, 0.25) is 0 Å². The van der Waals surface area contributed by atoms with Crippen molar-refractivity contribution in [3.63, 3.8) is 0 Å². The number of esters is 1. The van der Waals surface area contributed by atoms with Crippen molar-refractivity contribution >= 4 is 40.5 Å². The quantitative estimate of drug-likeness (QED) is 0.615. The summed E-state index contributed by atoms with van der Waals surface area (Å²) in [6.07, 6.45) is -0.960. The Bertz CT molecular complexity index is 952. The van der Waals surface area contributed by atoms with Gasteiger partial charge >= 0.3 is 5.97 Å². The van der Waals surface area contributed by atoms with E-state index in [0.717, 1.165) is 16.1 Å². The Balaban J connectivity index is 1.61. The molecule has 1 unspecified atom stereocenters. The minimum Gasteiger partial charge on any atom is -0.448 e. The summed E-state index contributed by atoms with van der Waals surface area (Å²) in [7, 11) is 0. The highest BCUT2D eigenvalue weighted by molar-refractivity contribution is 7.13. The molecule has 1 amide bonds. The number of benzene rings is 2. The number of carbonyl (C=O) groups is 2. The molecule has 0 bridgehead atoms. The van der Waals surface area contributed by atoms with E-state index in [2.05, 4.69) is 10.3 Å². The lowest BCUT2D eigenvalue weighted by molar-refractivity contribution is -0.123. The first-order chi connectivity index (χ1) is 12.9. The molecule has 0 aliphatic rings. The third-order valence-electron chi connectivity index (χ3n) is 3.78. The smallest absolute Gasteiger partial charge is 0.358 e. The zero-order valence-electron chi connectivity index (χ0n) is 14.7. The molecule has 1 aromatic heterocycles. The third kappa shape index (κ3) is 4.93. The molecule has 0 radical (unpaired) electrons. The first-order valence-electron chi connectivity index (χ1n) is 8.22. The fourth-order valence-corrected chi connectivity index (χ4v) is 3.17. The minimum absolute atomic E-state index is 0.182. The lowest BCUT2D eigenvalue weighted by Crippen LogP contribution is -2.30. The van der Waals surface area contributed by atoms with Gasteiger partial charge in [-0.25, -0.2) is 9.78 Å². The molecule has 0 saturated heterocycles. The van der Waals surface area contributed by atoms with Gasteiger partial charge in [0.15, 0.2) is 11.8 Å². The van der Waals surface area contributed by atoms with E-state index >= 15 is 0 Å². The van der Waals surface area contributed by atoms with Gasteiger partial charge in [0.05, 0.1) is 0 Å². The van der Waals surface area contributed by atoms with E-state index in [1.165, 1.54) is 18.3 Å². The molecule has 27 heavy (non-hydrogen) atoms. The summed E-state index contributed by atoms with van der Waals surface area (Å²) < 4.78 is 5.23. The molecule has 0 aliphatic carbocycles. The van der Waals surface area contributed by atoms with Crippen molar-refractivity contribution in [2.75, 3.05) is 5.32 Å². The molecule has 5 nitrogen and oxygen atoms in total. The highest BCUT2D eigenvalue weighted by atomic mass is 35.5. The first-order valence-corrected chi connectivity index (χ1v) is 9.48. The van der Waals surface area contributed by atoms with Crippen LogP contribution in [-0.4, -0.2) is 23.0 Å².